The molecule has 0 saturated heterocycles. The lowest BCUT2D eigenvalue weighted by Gasteiger charge is -2.04. The number of rotatable bonds is 1. The van der Waals surface area contributed by atoms with Gasteiger partial charge in [-0.2, -0.15) is 0 Å². The Kier molecular flexibility index (Phi) is 1.57. The van der Waals surface area contributed by atoms with Crippen molar-refractivity contribution in [2.45, 2.75) is 12.3 Å². The SMILES string of the molecule is O=C(O)C1C2Cc3ccc(Br)cc3C21. The van der Waals surface area contributed by atoms with Gasteiger partial charge in [0, 0.05) is 10.4 Å². The van der Waals surface area contributed by atoms with Crippen LogP contribution in [0.3, 0.4) is 0 Å². The van der Waals surface area contributed by atoms with Crippen molar-refractivity contribution in [2.24, 2.45) is 11.8 Å². The molecule has 1 aromatic rings. The minimum atomic E-state index is -0.634. The molecule has 1 fully saturated rings. The van der Waals surface area contributed by atoms with Gasteiger partial charge in [-0.3, -0.25) is 4.79 Å². The lowest BCUT2D eigenvalue weighted by Crippen LogP contribution is -2.04. The molecule has 0 amide bonds. The summed E-state index contributed by atoms with van der Waals surface area (Å²) in [6, 6.07) is 6.20. The number of carboxylic acids is 1. The third-order valence-corrected chi connectivity index (χ3v) is 3.87. The van der Waals surface area contributed by atoms with Gasteiger partial charge in [0.25, 0.3) is 0 Å². The number of carboxylic acid groups (broad SMARTS) is 1. The first-order chi connectivity index (χ1) is 6.68. The van der Waals surface area contributed by atoms with Gasteiger partial charge in [0.05, 0.1) is 5.92 Å². The van der Waals surface area contributed by atoms with E-state index in [1.165, 1.54) is 11.1 Å². The smallest absolute Gasteiger partial charge is 0.307 e. The Balaban J connectivity index is 2.01. The van der Waals surface area contributed by atoms with Crippen LogP contribution in [0.2, 0.25) is 0 Å². The molecule has 0 radical (unpaired) electrons. The minimum absolute atomic E-state index is 0.114. The zero-order valence-electron chi connectivity index (χ0n) is 7.40. The summed E-state index contributed by atoms with van der Waals surface area (Å²) in [6.45, 7) is 0. The van der Waals surface area contributed by atoms with E-state index in [-0.39, 0.29) is 5.92 Å². The highest BCUT2D eigenvalue weighted by atomic mass is 79.9. The molecule has 0 heterocycles. The molecular weight excluding hydrogens is 244 g/mol. The van der Waals surface area contributed by atoms with Gasteiger partial charge < -0.3 is 5.11 Å². The summed E-state index contributed by atoms with van der Waals surface area (Å²) in [6.07, 6.45) is 0.949. The standard InChI is InChI=1S/C11H9BrO2/c12-6-2-1-5-3-8-9(7(5)4-6)10(8)11(13)14/h1-2,4,8-10H,3H2,(H,13,14). The summed E-state index contributed by atoms with van der Waals surface area (Å²) in [5.74, 6) is -0.0841. The number of carbonyl (C=O) groups is 1. The van der Waals surface area contributed by atoms with Gasteiger partial charge in [0.15, 0.2) is 0 Å². The van der Waals surface area contributed by atoms with Gasteiger partial charge in [-0.1, -0.05) is 22.0 Å². The molecule has 3 rings (SSSR count). The Labute approximate surface area is 90.1 Å². The average molecular weight is 253 g/mol. The van der Waals surface area contributed by atoms with Crippen molar-refractivity contribution in [2.75, 3.05) is 0 Å². The lowest BCUT2D eigenvalue weighted by atomic mass is 10.0. The fourth-order valence-electron chi connectivity index (χ4n) is 2.70. The molecule has 2 aliphatic rings. The Hall–Kier alpha value is -0.830. The molecule has 1 saturated carbocycles. The van der Waals surface area contributed by atoms with Crippen LogP contribution in [-0.4, -0.2) is 11.1 Å². The van der Waals surface area contributed by atoms with Crippen LogP contribution < -0.4 is 0 Å². The third kappa shape index (κ3) is 0.989. The van der Waals surface area contributed by atoms with Gasteiger partial charge in [-0.25, -0.2) is 0 Å². The lowest BCUT2D eigenvalue weighted by molar-refractivity contribution is -0.139. The second-order valence-corrected chi connectivity index (χ2v) is 5.02. The van der Waals surface area contributed by atoms with E-state index < -0.39 is 5.97 Å². The van der Waals surface area contributed by atoms with Crippen molar-refractivity contribution in [3.63, 3.8) is 0 Å². The maximum Gasteiger partial charge on any atom is 0.307 e. The van der Waals surface area contributed by atoms with E-state index in [9.17, 15) is 4.79 Å². The second kappa shape index (κ2) is 2.60. The quantitative estimate of drug-likeness (QED) is 0.834. The molecule has 2 aliphatic carbocycles. The monoisotopic (exact) mass is 252 g/mol. The second-order valence-electron chi connectivity index (χ2n) is 4.10. The molecule has 0 spiro atoms. The summed E-state index contributed by atoms with van der Waals surface area (Å²) >= 11 is 3.42. The molecule has 0 bridgehead atoms. The van der Waals surface area contributed by atoms with Crippen LogP contribution in [0.1, 0.15) is 17.0 Å². The maximum atomic E-state index is 10.9. The zero-order chi connectivity index (χ0) is 9.87. The molecule has 72 valence electrons. The summed E-state index contributed by atoms with van der Waals surface area (Å²) in [5.41, 5.74) is 2.58. The van der Waals surface area contributed by atoms with E-state index in [2.05, 4.69) is 28.1 Å². The number of halogens is 1. The van der Waals surface area contributed by atoms with E-state index >= 15 is 0 Å². The van der Waals surface area contributed by atoms with Crippen molar-refractivity contribution in [3.05, 3.63) is 33.8 Å². The first-order valence-corrected chi connectivity index (χ1v) is 5.49. The van der Waals surface area contributed by atoms with Crippen LogP contribution >= 0.6 is 15.9 Å². The van der Waals surface area contributed by atoms with Crippen molar-refractivity contribution in [3.8, 4) is 0 Å². The summed E-state index contributed by atoms with van der Waals surface area (Å²) in [5, 5.41) is 8.94. The molecule has 14 heavy (non-hydrogen) atoms. The Bertz CT molecular complexity index is 427. The normalized spacial score (nSPS) is 32.2. The van der Waals surface area contributed by atoms with Gasteiger partial charge >= 0.3 is 5.97 Å². The predicted octanol–water partition coefficient (Wildman–Crippen LogP) is 2.42. The Morgan fingerprint density at radius 1 is 1.50 bits per heavy atom. The number of hydrogen-bond donors (Lipinski definition) is 1. The fraction of sp³-hybridized carbons (Fsp3) is 0.364. The number of fused-ring (bicyclic) bond motifs is 3. The van der Waals surface area contributed by atoms with Crippen LogP contribution in [0.5, 0.6) is 0 Å². The highest BCUT2D eigenvalue weighted by Gasteiger charge is 2.59. The van der Waals surface area contributed by atoms with Crippen molar-refractivity contribution in [1.82, 2.24) is 0 Å². The largest absolute Gasteiger partial charge is 0.481 e. The first kappa shape index (κ1) is 8.48. The van der Waals surface area contributed by atoms with E-state index in [0.29, 0.717) is 11.8 Å². The highest BCUT2D eigenvalue weighted by Crippen LogP contribution is 2.61. The Morgan fingerprint density at radius 3 is 3.00 bits per heavy atom. The highest BCUT2D eigenvalue weighted by molar-refractivity contribution is 9.10. The number of benzene rings is 1. The first-order valence-electron chi connectivity index (χ1n) is 4.69. The van der Waals surface area contributed by atoms with E-state index in [1.807, 2.05) is 6.07 Å². The molecular formula is C11H9BrO2. The number of hydrogen-bond acceptors (Lipinski definition) is 1. The van der Waals surface area contributed by atoms with Crippen LogP contribution in [-0.2, 0) is 11.2 Å². The van der Waals surface area contributed by atoms with Crippen LogP contribution in [0.4, 0.5) is 0 Å². The molecule has 0 aromatic heterocycles. The summed E-state index contributed by atoms with van der Waals surface area (Å²) in [7, 11) is 0. The van der Waals surface area contributed by atoms with Gasteiger partial charge in [-0.15, -0.1) is 0 Å². The molecule has 3 atom stereocenters. The number of aliphatic carboxylic acids is 1. The van der Waals surface area contributed by atoms with E-state index in [1.54, 1.807) is 0 Å². The van der Waals surface area contributed by atoms with Crippen molar-refractivity contribution in [1.29, 1.82) is 0 Å². The Morgan fingerprint density at radius 2 is 2.29 bits per heavy atom. The predicted molar refractivity (Wildman–Crippen MR) is 55.2 cm³/mol. The molecule has 1 aromatic carbocycles. The topological polar surface area (TPSA) is 37.3 Å². The fourth-order valence-corrected chi connectivity index (χ4v) is 3.08. The van der Waals surface area contributed by atoms with Gasteiger partial charge in [0.1, 0.15) is 0 Å². The van der Waals surface area contributed by atoms with Crippen LogP contribution in [0.25, 0.3) is 0 Å². The van der Waals surface area contributed by atoms with E-state index in [0.717, 1.165) is 10.9 Å². The summed E-state index contributed by atoms with van der Waals surface area (Å²) in [4.78, 5) is 10.9. The molecule has 0 aliphatic heterocycles. The minimum Gasteiger partial charge on any atom is -0.481 e. The summed E-state index contributed by atoms with van der Waals surface area (Å²) < 4.78 is 1.05. The molecule has 2 nitrogen and oxygen atoms in total. The molecule has 3 unspecified atom stereocenters. The molecule has 1 N–H and O–H groups in total. The molecule has 3 heteroatoms. The van der Waals surface area contributed by atoms with Gasteiger partial charge in [0.2, 0.25) is 0 Å². The van der Waals surface area contributed by atoms with Crippen molar-refractivity contribution < 1.29 is 9.90 Å². The zero-order valence-corrected chi connectivity index (χ0v) is 8.99. The average Bonchev–Trinajstić information content (AvgIpc) is 2.73. The van der Waals surface area contributed by atoms with Crippen LogP contribution in [0, 0.1) is 11.8 Å². The third-order valence-electron chi connectivity index (χ3n) is 3.38. The van der Waals surface area contributed by atoms with Crippen molar-refractivity contribution >= 4 is 21.9 Å². The van der Waals surface area contributed by atoms with Gasteiger partial charge in [-0.05, 0) is 35.6 Å². The van der Waals surface area contributed by atoms with E-state index in [4.69, 9.17) is 5.11 Å². The van der Waals surface area contributed by atoms with Crippen LogP contribution in [0.15, 0.2) is 22.7 Å². The maximum absolute atomic E-state index is 10.9.